The summed E-state index contributed by atoms with van der Waals surface area (Å²) in [5, 5.41) is 8.56. The summed E-state index contributed by atoms with van der Waals surface area (Å²) < 4.78 is 4.84. The lowest BCUT2D eigenvalue weighted by atomic mass is 10.4. The molecule has 1 aliphatic heterocycles. The zero-order chi connectivity index (χ0) is 11.4. The highest BCUT2D eigenvalue weighted by molar-refractivity contribution is 7.12. The van der Waals surface area contributed by atoms with Gasteiger partial charge in [-0.1, -0.05) is 11.8 Å². The van der Waals surface area contributed by atoms with Gasteiger partial charge in [-0.2, -0.15) is 0 Å². The fraction of sp³-hybridized carbons (Fsp3) is 0.364. The quantitative estimate of drug-likeness (QED) is 0.782. The number of carbonyl (C=O) groups is 1. The van der Waals surface area contributed by atoms with Crippen LogP contribution in [-0.4, -0.2) is 35.9 Å². The van der Waals surface area contributed by atoms with Gasteiger partial charge in [0.1, 0.15) is 13.2 Å². The first-order valence-corrected chi connectivity index (χ1v) is 5.71. The van der Waals surface area contributed by atoms with E-state index in [0.29, 0.717) is 19.7 Å². The van der Waals surface area contributed by atoms with Crippen molar-refractivity contribution in [3.05, 3.63) is 21.9 Å². The molecule has 1 fully saturated rings. The van der Waals surface area contributed by atoms with E-state index >= 15 is 0 Å². The summed E-state index contributed by atoms with van der Waals surface area (Å²) >= 11 is 1.53. The number of carbonyl (C=O) groups excluding carboxylic acids is 1. The van der Waals surface area contributed by atoms with Crippen LogP contribution in [-0.2, 0) is 11.3 Å². The number of hydrogen-bond acceptors (Lipinski definition) is 4. The predicted molar refractivity (Wildman–Crippen MR) is 60.0 cm³/mol. The van der Waals surface area contributed by atoms with Crippen LogP contribution in [0.4, 0.5) is 4.79 Å². The van der Waals surface area contributed by atoms with Gasteiger partial charge in [0.2, 0.25) is 0 Å². The van der Waals surface area contributed by atoms with Gasteiger partial charge in [0.25, 0.3) is 0 Å². The molecule has 2 heterocycles. The Labute approximate surface area is 97.4 Å². The lowest BCUT2D eigenvalue weighted by molar-refractivity contribution is 0.157. The normalized spacial score (nSPS) is 14.6. The summed E-state index contributed by atoms with van der Waals surface area (Å²) in [4.78, 5) is 14.8. The highest BCUT2D eigenvalue weighted by Crippen LogP contribution is 2.19. The molecule has 1 saturated heterocycles. The standard InChI is InChI=1S/C11H11NO3S/c13-6-1-2-9-3-4-10(16-9)8-12-5-7-15-11(12)14/h3-4,13H,5-8H2. The number of amides is 1. The fourth-order valence-electron chi connectivity index (χ4n) is 1.41. The van der Waals surface area contributed by atoms with E-state index < -0.39 is 0 Å². The minimum Gasteiger partial charge on any atom is -0.448 e. The monoisotopic (exact) mass is 237 g/mol. The number of ether oxygens (including phenoxy) is 1. The first kappa shape index (κ1) is 11.0. The second-order valence-corrected chi connectivity index (χ2v) is 4.43. The van der Waals surface area contributed by atoms with Gasteiger partial charge in [-0.25, -0.2) is 4.79 Å². The number of rotatable bonds is 2. The molecule has 0 unspecified atom stereocenters. The molecule has 0 radical (unpaired) electrons. The average molecular weight is 237 g/mol. The Morgan fingerprint density at radius 1 is 1.56 bits per heavy atom. The van der Waals surface area contributed by atoms with Crippen LogP contribution in [0.5, 0.6) is 0 Å². The minimum atomic E-state index is -0.253. The Bertz CT molecular complexity index is 444. The van der Waals surface area contributed by atoms with Crippen LogP contribution in [0.3, 0.4) is 0 Å². The topological polar surface area (TPSA) is 49.8 Å². The third kappa shape index (κ3) is 2.54. The maximum Gasteiger partial charge on any atom is 0.410 e. The average Bonchev–Trinajstić information content (AvgIpc) is 2.87. The molecule has 1 amide bonds. The summed E-state index contributed by atoms with van der Waals surface area (Å²) in [6, 6.07) is 3.84. The van der Waals surface area contributed by atoms with Crippen LogP contribution >= 0.6 is 11.3 Å². The van der Waals surface area contributed by atoms with E-state index in [0.717, 1.165) is 9.75 Å². The van der Waals surface area contributed by atoms with Gasteiger partial charge < -0.3 is 9.84 Å². The van der Waals surface area contributed by atoms with Crippen molar-refractivity contribution in [3.63, 3.8) is 0 Å². The van der Waals surface area contributed by atoms with Gasteiger partial charge in [-0.15, -0.1) is 11.3 Å². The molecule has 4 nitrogen and oxygen atoms in total. The van der Waals surface area contributed by atoms with Crippen molar-refractivity contribution in [2.75, 3.05) is 19.8 Å². The summed E-state index contributed by atoms with van der Waals surface area (Å²) in [7, 11) is 0. The lowest BCUT2D eigenvalue weighted by Crippen LogP contribution is -2.22. The molecule has 0 bridgehead atoms. The van der Waals surface area contributed by atoms with E-state index in [-0.39, 0.29) is 12.7 Å². The fourth-order valence-corrected chi connectivity index (χ4v) is 2.31. The summed E-state index contributed by atoms with van der Waals surface area (Å²) in [6.07, 6.45) is -0.253. The van der Waals surface area contributed by atoms with Crippen molar-refractivity contribution in [2.24, 2.45) is 0 Å². The van der Waals surface area contributed by atoms with Gasteiger partial charge in [0, 0.05) is 4.88 Å². The van der Waals surface area contributed by atoms with Crippen molar-refractivity contribution in [1.29, 1.82) is 0 Å². The van der Waals surface area contributed by atoms with Crippen molar-refractivity contribution in [2.45, 2.75) is 6.54 Å². The van der Waals surface area contributed by atoms with Gasteiger partial charge in [-0.3, -0.25) is 4.90 Å². The summed E-state index contributed by atoms with van der Waals surface area (Å²) in [6.45, 7) is 1.56. The van der Waals surface area contributed by atoms with E-state index in [4.69, 9.17) is 9.84 Å². The van der Waals surface area contributed by atoms with Crippen LogP contribution in [0.1, 0.15) is 9.75 Å². The molecule has 16 heavy (non-hydrogen) atoms. The first-order chi connectivity index (χ1) is 7.79. The molecule has 5 heteroatoms. The number of cyclic esters (lactones) is 1. The molecule has 1 N–H and O–H groups in total. The van der Waals surface area contributed by atoms with Crippen LogP contribution in [0, 0.1) is 11.8 Å². The van der Waals surface area contributed by atoms with Gasteiger partial charge in [0.05, 0.1) is 18.0 Å². The van der Waals surface area contributed by atoms with Crippen molar-refractivity contribution in [3.8, 4) is 11.8 Å². The number of aliphatic hydroxyl groups is 1. The minimum absolute atomic E-state index is 0.133. The van der Waals surface area contributed by atoms with Crippen LogP contribution in [0.25, 0.3) is 0 Å². The van der Waals surface area contributed by atoms with Crippen LogP contribution in [0.15, 0.2) is 12.1 Å². The number of thiophene rings is 1. The third-order valence-electron chi connectivity index (χ3n) is 2.14. The predicted octanol–water partition coefficient (Wildman–Crippen LogP) is 1.04. The van der Waals surface area contributed by atoms with Crippen molar-refractivity contribution < 1.29 is 14.6 Å². The smallest absolute Gasteiger partial charge is 0.410 e. The summed E-state index contributed by atoms with van der Waals surface area (Å²) in [5.74, 6) is 5.43. The highest BCUT2D eigenvalue weighted by atomic mass is 32.1. The molecule has 0 spiro atoms. The van der Waals surface area contributed by atoms with Gasteiger partial charge >= 0.3 is 6.09 Å². The van der Waals surface area contributed by atoms with Gasteiger partial charge in [0.15, 0.2) is 0 Å². The maximum atomic E-state index is 11.2. The maximum absolute atomic E-state index is 11.2. The van der Waals surface area contributed by atoms with Gasteiger partial charge in [-0.05, 0) is 12.1 Å². The highest BCUT2D eigenvalue weighted by Gasteiger charge is 2.22. The van der Waals surface area contributed by atoms with Crippen LogP contribution in [0.2, 0.25) is 0 Å². The van der Waals surface area contributed by atoms with Crippen LogP contribution < -0.4 is 0 Å². The molecular formula is C11H11NO3S. The number of aliphatic hydroxyl groups excluding tert-OH is 1. The molecule has 0 saturated carbocycles. The molecular weight excluding hydrogens is 226 g/mol. The second-order valence-electron chi connectivity index (χ2n) is 3.26. The summed E-state index contributed by atoms with van der Waals surface area (Å²) in [5.41, 5.74) is 0. The Kier molecular flexibility index (Phi) is 3.44. The zero-order valence-electron chi connectivity index (χ0n) is 8.60. The molecule has 0 atom stereocenters. The SMILES string of the molecule is O=C1OCCN1Cc1ccc(C#CCO)s1. The zero-order valence-corrected chi connectivity index (χ0v) is 9.42. The Morgan fingerprint density at radius 3 is 3.12 bits per heavy atom. The Balaban J connectivity index is 1.99. The van der Waals surface area contributed by atoms with Crippen molar-refractivity contribution in [1.82, 2.24) is 4.90 Å². The molecule has 2 rings (SSSR count). The first-order valence-electron chi connectivity index (χ1n) is 4.90. The van der Waals surface area contributed by atoms with E-state index in [2.05, 4.69) is 11.8 Å². The second kappa shape index (κ2) is 5.01. The molecule has 0 aromatic carbocycles. The molecule has 1 aliphatic rings. The molecule has 84 valence electrons. The molecule has 1 aromatic heterocycles. The van der Waals surface area contributed by atoms with E-state index in [1.165, 1.54) is 11.3 Å². The number of nitrogens with zero attached hydrogens (tertiary/aromatic N) is 1. The Hall–Kier alpha value is -1.51. The van der Waals surface area contributed by atoms with E-state index in [1.807, 2.05) is 12.1 Å². The van der Waals surface area contributed by atoms with Crippen molar-refractivity contribution >= 4 is 17.4 Å². The van der Waals surface area contributed by atoms with E-state index in [1.54, 1.807) is 4.90 Å². The lowest BCUT2D eigenvalue weighted by Gasteiger charge is -2.09. The number of hydrogen-bond donors (Lipinski definition) is 1. The third-order valence-corrected chi connectivity index (χ3v) is 3.13. The molecule has 0 aliphatic carbocycles. The Morgan fingerprint density at radius 2 is 2.44 bits per heavy atom. The van der Waals surface area contributed by atoms with E-state index in [9.17, 15) is 4.79 Å². The molecule has 1 aromatic rings. The largest absolute Gasteiger partial charge is 0.448 e.